The maximum atomic E-state index is 13.0. The fraction of sp³-hybridized carbons (Fsp3) is 0.348. The molecule has 2 N–H and O–H groups in total. The second kappa shape index (κ2) is 8.07. The number of hydrogen-bond donors (Lipinski definition) is 2. The van der Waals surface area contributed by atoms with Crippen molar-refractivity contribution in [2.45, 2.75) is 44.7 Å². The number of aromatic amines is 1. The molecule has 0 saturated heterocycles. The third-order valence-electron chi connectivity index (χ3n) is 5.89. The SMILES string of the molecule is CCC(=O)N[C@H]1CC[C@@H](N(C)C(=O)c2ccc(-c3cccc4[nH]ncc34)cc2)C1. The molecule has 1 aliphatic rings. The summed E-state index contributed by atoms with van der Waals surface area (Å²) in [5.74, 6) is 0.0957. The maximum Gasteiger partial charge on any atom is 0.253 e. The Balaban J connectivity index is 1.46. The fourth-order valence-corrected chi connectivity index (χ4v) is 4.15. The van der Waals surface area contributed by atoms with Crippen molar-refractivity contribution in [2.24, 2.45) is 0 Å². The van der Waals surface area contributed by atoms with Gasteiger partial charge in [-0.3, -0.25) is 14.7 Å². The number of carbonyl (C=O) groups is 2. The Labute approximate surface area is 170 Å². The molecule has 2 amide bonds. The van der Waals surface area contributed by atoms with Crippen LogP contribution in [0.3, 0.4) is 0 Å². The van der Waals surface area contributed by atoms with Gasteiger partial charge in [-0.05, 0) is 48.6 Å². The van der Waals surface area contributed by atoms with Gasteiger partial charge in [-0.2, -0.15) is 5.10 Å². The summed E-state index contributed by atoms with van der Waals surface area (Å²) < 4.78 is 0. The van der Waals surface area contributed by atoms with E-state index in [-0.39, 0.29) is 23.9 Å². The average molecular weight is 390 g/mol. The molecule has 1 aromatic heterocycles. The van der Waals surface area contributed by atoms with Gasteiger partial charge in [0.25, 0.3) is 5.91 Å². The lowest BCUT2D eigenvalue weighted by Crippen LogP contribution is -2.38. The van der Waals surface area contributed by atoms with Gasteiger partial charge in [0.2, 0.25) is 5.91 Å². The zero-order valence-corrected chi connectivity index (χ0v) is 16.8. The highest BCUT2D eigenvalue weighted by Crippen LogP contribution is 2.29. The van der Waals surface area contributed by atoms with E-state index in [0.29, 0.717) is 12.0 Å². The zero-order chi connectivity index (χ0) is 20.4. The van der Waals surface area contributed by atoms with E-state index in [1.807, 2.05) is 61.5 Å². The van der Waals surface area contributed by atoms with E-state index >= 15 is 0 Å². The number of benzene rings is 2. The van der Waals surface area contributed by atoms with Gasteiger partial charge < -0.3 is 10.2 Å². The molecule has 1 heterocycles. The smallest absolute Gasteiger partial charge is 0.253 e. The number of rotatable bonds is 5. The van der Waals surface area contributed by atoms with Crippen LogP contribution in [0.25, 0.3) is 22.0 Å². The van der Waals surface area contributed by atoms with Gasteiger partial charge in [-0.15, -0.1) is 0 Å². The summed E-state index contributed by atoms with van der Waals surface area (Å²) in [5, 5.41) is 11.2. The summed E-state index contributed by atoms with van der Waals surface area (Å²) in [4.78, 5) is 26.4. The highest BCUT2D eigenvalue weighted by atomic mass is 16.2. The normalized spacial score (nSPS) is 18.7. The lowest BCUT2D eigenvalue weighted by atomic mass is 10.0. The molecule has 0 bridgehead atoms. The van der Waals surface area contributed by atoms with Gasteiger partial charge in [-0.1, -0.05) is 31.2 Å². The summed E-state index contributed by atoms with van der Waals surface area (Å²) in [7, 11) is 1.86. The molecular formula is C23H26N4O2. The lowest BCUT2D eigenvalue weighted by Gasteiger charge is -2.25. The Hall–Kier alpha value is -3.15. The standard InChI is InChI=1S/C23H26N4O2/c1-3-22(28)25-17-11-12-18(13-17)27(2)23(29)16-9-7-15(8-10-16)19-5-4-6-21-20(19)14-24-26-21/h4-10,14,17-18H,3,11-13H2,1-2H3,(H,24,26)(H,25,28)/t17-,18+/m0/s1. The first-order chi connectivity index (χ1) is 14.1. The first-order valence-electron chi connectivity index (χ1n) is 10.2. The van der Waals surface area contributed by atoms with Crippen LogP contribution in [-0.2, 0) is 4.79 Å². The molecular weight excluding hydrogens is 364 g/mol. The minimum absolute atomic E-state index is 0.0190. The van der Waals surface area contributed by atoms with Gasteiger partial charge in [0.15, 0.2) is 0 Å². The quantitative estimate of drug-likeness (QED) is 0.696. The van der Waals surface area contributed by atoms with Gasteiger partial charge in [-0.25, -0.2) is 0 Å². The van der Waals surface area contributed by atoms with Crippen molar-refractivity contribution in [3.63, 3.8) is 0 Å². The molecule has 0 spiro atoms. The fourth-order valence-electron chi connectivity index (χ4n) is 4.15. The summed E-state index contributed by atoms with van der Waals surface area (Å²) in [6, 6.07) is 14.1. The molecule has 150 valence electrons. The highest BCUT2D eigenvalue weighted by molar-refractivity contribution is 5.97. The molecule has 0 radical (unpaired) electrons. The number of hydrogen-bond acceptors (Lipinski definition) is 3. The Morgan fingerprint density at radius 3 is 2.72 bits per heavy atom. The van der Waals surface area contributed by atoms with Gasteiger partial charge in [0.05, 0.1) is 11.7 Å². The van der Waals surface area contributed by atoms with Crippen molar-refractivity contribution < 1.29 is 9.59 Å². The predicted octanol–water partition coefficient (Wildman–Crippen LogP) is 3.75. The zero-order valence-electron chi connectivity index (χ0n) is 16.8. The van der Waals surface area contributed by atoms with E-state index in [1.54, 1.807) is 0 Å². The Bertz CT molecular complexity index is 1020. The van der Waals surface area contributed by atoms with Crippen molar-refractivity contribution in [3.8, 4) is 11.1 Å². The molecule has 2 atom stereocenters. The van der Waals surface area contributed by atoms with Gasteiger partial charge >= 0.3 is 0 Å². The van der Waals surface area contributed by atoms with E-state index in [4.69, 9.17) is 0 Å². The van der Waals surface area contributed by atoms with Crippen LogP contribution in [-0.4, -0.2) is 46.0 Å². The molecule has 0 aliphatic heterocycles. The number of H-pyrrole nitrogens is 1. The molecule has 1 saturated carbocycles. The van der Waals surface area contributed by atoms with E-state index in [2.05, 4.69) is 21.6 Å². The average Bonchev–Trinajstić information content (AvgIpc) is 3.42. The largest absolute Gasteiger partial charge is 0.353 e. The van der Waals surface area contributed by atoms with Crippen molar-refractivity contribution >= 4 is 22.7 Å². The molecule has 1 fully saturated rings. The molecule has 4 rings (SSSR count). The van der Waals surface area contributed by atoms with Crippen LogP contribution in [0, 0.1) is 0 Å². The predicted molar refractivity (Wildman–Crippen MR) is 113 cm³/mol. The molecule has 1 aliphatic carbocycles. The number of fused-ring (bicyclic) bond motifs is 1. The van der Waals surface area contributed by atoms with Crippen LogP contribution in [0.1, 0.15) is 43.0 Å². The number of carbonyl (C=O) groups excluding carboxylic acids is 2. The monoisotopic (exact) mass is 390 g/mol. The molecule has 6 nitrogen and oxygen atoms in total. The summed E-state index contributed by atoms with van der Waals surface area (Å²) in [6.45, 7) is 1.86. The summed E-state index contributed by atoms with van der Waals surface area (Å²) in [5.41, 5.74) is 3.82. The number of nitrogens with zero attached hydrogens (tertiary/aromatic N) is 2. The topological polar surface area (TPSA) is 78.1 Å². The van der Waals surface area contributed by atoms with Crippen LogP contribution < -0.4 is 5.32 Å². The molecule has 29 heavy (non-hydrogen) atoms. The van der Waals surface area contributed by atoms with E-state index < -0.39 is 0 Å². The van der Waals surface area contributed by atoms with E-state index in [0.717, 1.165) is 41.3 Å². The first-order valence-corrected chi connectivity index (χ1v) is 10.2. The Morgan fingerprint density at radius 2 is 1.97 bits per heavy atom. The van der Waals surface area contributed by atoms with E-state index in [9.17, 15) is 9.59 Å². The van der Waals surface area contributed by atoms with Crippen LogP contribution >= 0.6 is 0 Å². The maximum absolute atomic E-state index is 13.0. The Kier molecular flexibility index (Phi) is 5.34. The molecule has 2 aromatic carbocycles. The second-order valence-corrected chi connectivity index (χ2v) is 7.72. The third kappa shape index (κ3) is 3.88. The van der Waals surface area contributed by atoms with Crippen molar-refractivity contribution in [2.75, 3.05) is 7.05 Å². The lowest BCUT2D eigenvalue weighted by molar-refractivity contribution is -0.121. The van der Waals surface area contributed by atoms with Crippen LogP contribution in [0.15, 0.2) is 48.7 Å². The van der Waals surface area contributed by atoms with Crippen molar-refractivity contribution in [3.05, 3.63) is 54.2 Å². The third-order valence-corrected chi connectivity index (χ3v) is 5.89. The van der Waals surface area contributed by atoms with Crippen molar-refractivity contribution in [1.82, 2.24) is 20.4 Å². The van der Waals surface area contributed by atoms with Gasteiger partial charge in [0.1, 0.15) is 0 Å². The minimum atomic E-state index is 0.0190. The number of amides is 2. The van der Waals surface area contributed by atoms with E-state index in [1.165, 1.54) is 0 Å². The minimum Gasteiger partial charge on any atom is -0.353 e. The number of nitrogens with one attached hydrogen (secondary N) is 2. The number of aromatic nitrogens is 2. The summed E-state index contributed by atoms with van der Waals surface area (Å²) >= 11 is 0. The first kappa shape index (κ1) is 19.2. The van der Waals surface area contributed by atoms with Crippen LogP contribution in [0.5, 0.6) is 0 Å². The molecule has 3 aromatic rings. The van der Waals surface area contributed by atoms with Crippen LogP contribution in [0.2, 0.25) is 0 Å². The van der Waals surface area contributed by atoms with Crippen LogP contribution in [0.4, 0.5) is 0 Å². The molecule has 0 unspecified atom stereocenters. The highest BCUT2D eigenvalue weighted by Gasteiger charge is 2.30. The van der Waals surface area contributed by atoms with Crippen molar-refractivity contribution in [1.29, 1.82) is 0 Å². The molecule has 6 heteroatoms. The second-order valence-electron chi connectivity index (χ2n) is 7.72. The Morgan fingerprint density at radius 1 is 1.17 bits per heavy atom. The summed E-state index contributed by atoms with van der Waals surface area (Å²) in [6.07, 6.45) is 4.97. The van der Waals surface area contributed by atoms with Gasteiger partial charge in [0, 0.05) is 36.5 Å².